The van der Waals surface area contributed by atoms with Crippen molar-refractivity contribution in [3.63, 3.8) is 0 Å². The van der Waals surface area contributed by atoms with Gasteiger partial charge in [-0.15, -0.1) is 0 Å². The lowest BCUT2D eigenvalue weighted by atomic mass is 10.2. The van der Waals surface area contributed by atoms with E-state index < -0.39 is 12.1 Å². The molecule has 0 spiro atoms. The van der Waals surface area contributed by atoms with Crippen molar-refractivity contribution >= 4 is 12.1 Å². The second-order valence-electron chi connectivity index (χ2n) is 2.01. The molecule has 0 saturated carbocycles. The number of hydrogen-bond acceptors (Lipinski definition) is 3. The average Bonchev–Trinajstić information content (AvgIpc) is 2.05. The number of carbonyl (C=O) groups excluding carboxylic acids is 2. The standard InChI is InChI=1S/C8H5O4/c9-7(12-8(10)11)6-4-2-1-3-5-6/h1-5H. The lowest BCUT2D eigenvalue weighted by molar-refractivity contribution is 0.0433. The SMILES string of the molecule is [O]C(=O)OC(=O)c1ccccc1. The summed E-state index contributed by atoms with van der Waals surface area (Å²) in [6.07, 6.45) is -1.84. The van der Waals surface area contributed by atoms with Gasteiger partial charge >= 0.3 is 12.1 Å². The molecule has 1 rings (SSSR count). The highest BCUT2D eigenvalue weighted by molar-refractivity contribution is 5.94. The molecular formula is C8H5O4. The van der Waals surface area contributed by atoms with Crippen molar-refractivity contribution in [2.45, 2.75) is 0 Å². The average molecular weight is 165 g/mol. The third-order valence-corrected chi connectivity index (χ3v) is 1.19. The van der Waals surface area contributed by atoms with Crippen LogP contribution in [0.25, 0.3) is 0 Å². The van der Waals surface area contributed by atoms with Gasteiger partial charge < -0.3 is 4.74 Å². The van der Waals surface area contributed by atoms with Crippen LogP contribution in [0.3, 0.4) is 0 Å². The van der Waals surface area contributed by atoms with E-state index in [1.165, 1.54) is 12.1 Å². The zero-order chi connectivity index (χ0) is 8.97. The van der Waals surface area contributed by atoms with E-state index in [-0.39, 0.29) is 5.56 Å². The van der Waals surface area contributed by atoms with Crippen LogP contribution in [0, 0.1) is 0 Å². The van der Waals surface area contributed by atoms with E-state index in [9.17, 15) is 14.7 Å². The molecule has 1 aromatic rings. The first-order chi connectivity index (χ1) is 5.70. The minimum Gasteiger partial charge on any atom is -0.354 e. The third-order valence-electron chi connectivity index (χ3n) is 1.19. The fraction of sp³-hybridized carbons (Fsp3) is 0. The summed E-state index contributed by atoms with van der Waals surface area (Å²) >= 11 is 0. The lowest BCUT2D eigenvalue weighted by Crippen LogP contribution is -2.08. The van der Waals surface area contributed by atoms with Crippen molar-refractivity contribution in [2.75, 3.05) is 0 Å². The molecule has 0 N–H and O–H groups in total. The Hall–Kier alpha value is -1.84. The minimum atomic E-state index is -1.84. The molecule has 0 bridgehead atoms. The molecule has 0 aliphatic heterocycles. The lowest BCUT2D eigenvalue weighted by Gasteiger charge is -1.95. The van der Waals surface area contributed by atoms with Crippen molar-refractivity contribution in [3.05, 3.63) is 35.9 Å². The first-order valence-electron chi connectivity index (χ1n) is 3.18. The van der Waals surface area contributed by atoms with Crippen LogP contribution in [0.1, 0.15) is 10.4 Å². The Morgan fingerprint density at radius 2 is 1.67 bits per heavy atom. The summed E-state index contributed by atoms with van der Waals surface area (Å²) in [6, 6.07) is 7.81. The van der Waals surface area contributed by atoms with E-state index in [0.29, 0.717) is 0 Å². The first-order valence-corrected chi connectivity index (χ1v) is 3.18. The maximum atomic E-state index is 10.8. The molecular weight excluding hydrogens is 160 g/mol. The van der Waals surface area contributed by atoms with Gasteiger partial charge in [-0.3, -0.25) is 0 Å². The summed E-state index contributed by atoms with van der Waals surface area (Å²) in [7, 11) is 0. The Morgan fingerprint density at radius 3 is 2.17 bits per heavy atom. The highest BCUT2D eigenvalue weighted by Crippen LogP contribution is 2.00. The van der Waals surface area contributed by atoms with Gasteiger partial charge in [-0.2, -0.15) is 9.90 Å². The number of ether oxygens (including phenoxy) is 1. The molecule has 1 aromatic carbocycles. The zero-order valence-corrected chi connectivity index (χ0v) is 6.02. The molecule has 0 aromatic heterocycles. The second kappa shape index (κ2) is 3.52. The topological polar surface area (TPSA) is 63.3 Å². The van der Waals surface area contributed by atoms with Crippen LogP contribution in [0.2, 0.25) is 0 Å². The van der Waals surface area contributed by atoms with Gasteiger partial charge in [0.2, 0.25) is 0 Å². The maximum absolute atomic E-state index is 10.8. The Kier molecular flexibility index (Phi) is 2.42. The van der Waals surface area contributed by atoms with Crippen LogP contribution in [-0.4, -0.2) is 12.1 Å². The molecule has 0 heterocycles. The smallest absolute Gasteiger partial charge is 0.354 e. The molecule has 61 valence electrons. The highest BCUT2D eigenvalue weighted by Gasteiger charge is 2.11. The van der Waals surface area contributed by atoms with Crippen LogP contribution >= 0.6 is 0 Å². The number of carbonyl (C=O) groups is 2. The van der Waals surface area contributed by atoms with Gasteiger partial charge in [0.25, 0.3) is 0 Å². The van der Waals surface area contributed by atoms with E-state index in [2.05, 4.69) is 4.74 Å². The monoisotopic (exact) mass is 165 g/mol. The molecule has 1 radical (unpaired) electrons. The Morgan fingerprint density at radius 1 is 1.08 bits per heavy atom. The van der Waals surface area contributed by atoms with Crippen LogP contribution < -0.4 is 0 Å². The van der Waals surface area contributed by atoms with E-state index in [1.807, 2.05) is 0 Å². The van der Waals surface area contributed by atoms with Gasteiger partial charge in [0.05, 0.1) is 5.56 Å². The predicted octanol–water partition coefficient (Wildman–Crippen LogP) is 1.39. The third kappa shape index (κ3) is 2.09. The van der Waals surface area contributed by atoms with Crippen LogP contribution in [0.5, 0.6) is 0 Å². The molecule has 0 saturated heterocycles. The number of benzene rings is 1. The van der Waals surface area contributed by atoms with Crippen LogP contribution in [-0.2, 0) is 9.84 Å². The summed E-state index contributed by atoms with van der Waals surface area (Å²) in [5.41, 5.74) is 0.182. The number of hydrogen-bond donors (Lipinski definition) is 0. The molecule has 4 nitrogen and oxygen atoms in total. The van der Waals surface area contributed by atoms with Crippen LogP contribution in [0.15, 0.2) is 30.3 Å². The molecule has 0 fully saturated rings. The van der Waals surface area contributed by atoms with Crippen molar-refractivity contribution in [1.29, 1.82) is 0 Å². The van der Waals surface area contributed by atoms with E-state index in [0.717, 1.165) is 0 Å². The Balaban J connectivity index is 2.73. The van der Waals surface area contributed by atoms with E-state index in [4.69, 9.17) is 0 Å². The largest absolute Gasteiger partial charge is 0.558 e. The van der Waals surface area contributed by atoms with E-state index >= 15 is 0 Å². The van der Waals surface area contributed by atoms with Gasteiger partial charge in [0.1, 0.15) is 0 Å². The molecule has 12 heavy (non-hydrogen) atoms. The molecule has 0 unspecified atom stereocenters. The van der Waals surface area contributed by atoms with Gasteiger partial charge in [-0.25, -0.2) is 4.79 Å². The summed E-state index contributed by atoms with van der Waals surface area (Å²) in [5, 5.41) is 9.83. The first kappa shape index (κ1) is 8.26. The minimum absolute atomic E-state index is 0.182. The molecule has 0 amide bonds. The van der Waals surface area contributed by atoms with Gasteiger partial charge in [-0.05, 0) is 12.1 Å². The maximum Gasteiger partial charge on any atom is 0.558 e. The molecule has 0 atom stereocenters. The van der Waals surface area contributed by atoms with E-state index in [1.54, 1.807) is 18.2 Å². The van der Waals surface area contributed by atoms with Gasteiger partial charge in [0, 0.05) is 0 Å². The summed E-state index contributed by atoms with van der Waals surface area (Å²) in [5.74, 6) is -0.921. The molecule has 0 aliphatic rings. The summed E-state index contributed by atoms with van der Waals surface area (Å²) in [4.78, 5) is 20.6. The van der Waals surface area contributed by atoms with Crippen molar-refractivity contribution < 1.29 is 19.4 Å². The zero-order valence-electron chi connectivity index (χ0n) is 6.02. The molecule has 4 heteroatoms. The second-order valence-corrected chi connectivity index (χ2v) is 2.01. The fourth-order valence-electron chi connectivity index (χ4n) is 0.709. The predicted molar refractivity (Wildman–Crippen MR) is 37.9 cm³/mol. The number of esters is 1. The van der Waals surface area contributed by atoms with Crippen molar-refractivity contribution in [2.24, 2.45) is 0 Å². The quantitative estimate of drug-likeness (QED) is 0.466. The molecule has 0 aliphatic carbocycles. The summed E-state index contributed by atoms with van der Waals surface area (Å²) < 4.78 is 3.80. The Bertz CT molecular complexity index is 291. The highest BCUT2D eigenvalue weighted by atomic mass is 16.7. The fourth-order valence-corrected chi connectivity index (χ4v) is 0.709. The Labute approximate surface area is 68.4 Å². The van der Waals surface area contributed by atoms with Crippen molar-refractivity contribution in [1.82, 2.24) is 0 Å². The van der Waals surface area contributed by atoms with Crippen molar-refractivity contribution in [3.8, 4) is 0 Å². The normalized spacial score (nSPS) is 9.00. The summed E-state index contributed by atoms with van der Waals surface area (Å²) in [6.45, 7) is 0. The van der Waals surface area contributed by atoms with Gasteiger partial charge in [0.15, 0.2) is 0 Å². The van der Waals surface area contributed by atoms with Gasteiger partial charge in [-0.1, -0.05) is 18.2 Å². The van der Waals surface area contributed by atoms with Crippen LogP contribution in [0.4, 0.5) is 4.79 Å². The number of rotatable bonds is 1.